The lowest BCUT2D eigenvalue weighted by Gasteiger charge is -2.02. The highest BCUT2D eigenvalue weighted by Crippen LogP contribution is 2.28. The number of nitrogens with one attached hydrogen (secondary N) is 1. The number of hydrogen-bond acceptors (Lipinski definition) is 3. The maximum Gasteiger partial charge on any atom is 0.225 e. The zero-order chi connectivity index (χ0) is 14.2. The lowest BCUT2D eigenvalue weighted by atomic mass is 10.0. The SMILES string of the molecule is CNC(=O)Cc1csc2c(C(=O)C(C)C)c(C)cn12. The van der Waals surface area contributed by atoms with Crippen LogP contribution in [0.5, 0.6) is 0 Å². The smallest absolute Gasteiger partial charge is 0.225 e. The van der Waals surface area contributed by atoms with Gasteiger partial charge in [0, 0.05) is 30.2 Å². The van der Waals surface area contributed by atoms with Crippen molar-refractivity contribution in [2.45, 2.75) is 27.2 Å². The molecule has 0 aliphatic heterocycles. The first kappa shape index (κ1) is 13.8. The quantitative estimate of drug-likeness (QED) is 0.873. The number of likely N-dealkylation sites (N-methyl/N-ethyl adjacent to an activating group) is 1. The van der Waals surface area contributed by atoms with E-state index in [1.54, 1.807) is 7.05 Å². The van der Waals surface area contributed by atoms with E-state index in [1.165, 1.54) is 11.3 Å². The third kappa shape index (κ3) is 2.42. The minimum atomic E-state index is -0.0252. The number of Topliss-reactive ketones (excluding diaryl/α,β-unsaturated/α-hetero) is 1. The van der Waals surface area contributed by atoms with Gasteiger partial charge in [0.1, 0.15) is 4.83 Å². The van der Waals surface area contributed by atoms with Crippen LogP contribution in [0, 0.1) is 12.8 Å². The molecule has 0 bridgehead atoms. The van der Waals surface area contributed by atoms with Crippen molar-refractivity contribution in [3.05, 3.63) is 28.4 Å². The summed E-state index contributed by atoms with van der Waals surface area (Å²) < 4.78 is 1.96. The van der Waals surface area contributed by atoms with Gasteiger partial charge >= 0.3 is 0 Å². The molecule has 19 heavy (non-hydrogen) atoms. The minimum absolute atomic E-state index is 0.0191. The number of hydrogen-bond donors (Lipinski definition) is 1. The van der Waals surface area contributed by atoms with Gasteiger partial charge in [-0.1, -0.05) is 13.8 Å². The Morgan fingerprint density at radius 3 is 2.68 bits per heavy atom. The van der Waals surface area contributed by atoms with Crippen LogP contribution in [-0.2, 0) is 11.2 Å². The van der Waals surface area contributed by atoms with Gasteiger partial charge in [-0.2, -0.15) is 0 Å². The monoisotopic (exact) mass is 278 g/mol. The molecule has 2 aromatic heterocycles. The van der Waals surface area contributed by atoms with E-state index in [4.69, 9.17) is 0 Å². The summed E-state index contributed by atoms with van der Waals surface area (Å²) in [5.74, 6) is 0.116. The van der Waals surface area contributed by atoms with E-state index in [0.717, 1.165) is 21.7 Å². The lowest BCUT2D eigenvalue weighted by Crippen LogP contribution is -2.20. The Bertz CT molecular complexity index is 637. The first-order valence-electron chi connectivity index (χ1n) is 6.28. The second-order valence-electron chi connectivity index (χ2n) is 4.96. The van der Waals surface area contributed by atoms with Gasteiger partial charge in [0.2, 0.25) is 5.91 Å². The third-order valence-electron chi connectivity index (χ3n) is 3.16. The van der Waals surface area contributed by atoms with Crippen molar-refractivity contribution in [2.24, 2.45) is 5.92 Å². The van der Waals surface area contributed by atoms with Crippen LogP contribution in [0.3, 0.4) is 0 Å². The lowest BCUT2D eigenvalue weighted by molar-refractivity contribution is -0.120. The average molecular weight is 278 g/mol. The number of fused-ring (bicyclic) bond motifs is 1. The van der Waals surface area contributed by atoms with Gasteiger partial charge in [0.25, 0.3) is 0 Å². The maximum absolute atomic E-state index is 12.2. The zero-order valence-corrected chi connectivity index (χ0v) is 12.4. The summed E-state index contributed by atoms with van der Waals surface area (Å²) in [5.41, 5.74) is 2.69. The molecule has 0 saturated heterocycles. The van der Waals surface area contributed by atoms with Crippen molar-refractivity contribution < 1.29 is 9.59 Å². The van der Waals surface area contributed by atoms with Gasteiger partial charge < -0.3 is 9.72 Å². The number of carbonyl (C=O) groups excluding carboxylic acids is 2. The van der Waals surface area contributed by atoms with Crippen LogP contribution in [0.4, 0.5) is 0 Å². The fourth-order valence-corrected chi connectivity index (χ4v) is 3.19. The summed E-state index contributed by atoms with van der Waals surface area (Å²) in [4.78, 5) is 24.7. The Balaban J connectivity index is 2.49. The first-order chi connectivity index (χ1) is 8.95. The van der Waals surface area contributed by atoms with Crippen LogP contribution in [0.15, 0.2) is 11.6 Å². The van der Waals surface area contributed by atoms with E-state index in [0.29, 0.717) is 6.42 Å². The normalized spacial score (nSPS) is 11.2. The molecule has 5 heteroatoms. The number of nitrogens with zero attached hydrogens (tertiary/aromatic N) is 1. The molecule has 102 valence electrons. The van der Waals surface area contributed by atoms with Gasteiger partial charge in [0.05, 0.1) is 12.0 Å². The van der Waals surface area contributed by atoms with E-state index in [-0.39, 0.29) is 17.6 Å². The molecule has 2 heterocycles. The Morgan fingerprint density at radius 2 is 2.11 bits per heavy atom. The van der Waals surface area contributed by atoms with E-state index >= 15 is 0 Å². The predicted molar refractivity (Wildman–Crippen MR) is 77.0 cm³/mol. The Hall–Kier alpha value is -1.62. The van der Waals surface area contributed by atoms with Gasteiger partial charge in [-0.15, -0.1) is 11.3 Å². The number of aromatic nitrogens is 1. The van der Waals surface area contributed by atoms with E-state index < -0.39 is 0 Å². The summed E-state index contributed by atoms with van der Waals surface area (Å²) in [6, 6.07) is 0. The molecule has 1 N–H and O–H groups in total. The fraction of sp³-hybridized carbons (Fsp3) is 0.429. The predicted octanol–water partition coefficient (Wildman–Crippen LogP) is 2.44. The molecule has 0 atom stereocenters. The molecular weight excluding hydrogens is 260 g/mol. The summed E-state index contributed by atoms with van der Waals surface area (Å²) in [6.45, 7) is 5.76. The van der Waals surface area contributed by atoms with Crippen LogP contribution < -0.4 is 5.32 Å². The molecule has 0 aromatic carbocycles. The second-order valence-corrected chi connectivity index (χ2v) is 5.82. The van der Waals surface area contributed by atoms with Crippen molar-refractivity contribution in [1.29, 1.82) is 0 Å². The average Bonchev–Trinajstić information content (AvgIpc) is 2.87. The maximum atomic E-state index is 12.2. The fourth-order valence-electron chi connectivity index (χ4n) is 2.08. The van der Waals surface area contributed by atoms with Crippen LogP contribution in [0.25, 0.3) is 4.83 Å². The van der Waals surface area contributed by atoms with Crippen LogP contribution in [0.1, 0.15) is 35.5 Å². The molecule has 0 radical (unpaired) electrons. The first-order valence-corrected chi connectivity index (χ1v) is 7.16. The summed E-state index contributed by atoms with van der Waals surface area (Å²) in [5, 5.41) is 4.56. The Morgan fingerprint density at radius 1 is 1.42 bits per heavy atom. The molecule has 1 amide bonds. The number of carbonyl (C=O) groups is 2. The van der Waals surface area contributed by atoms with Crippen molar-refractivity contribution in [3.8, 4) is 0 Å². The summed E-state index contributed by atoms with van der Waals surface area (Å²) in [6.07, 6.45) is 2.28. The van der Waals surface area contributed by atoms with Gasteiger partial charge in [-0.25, -0.2) is 0 Å². The summed E-state index contributed by atoms with van der Waals surface area (Å²) in [7, 11) is 1.63. The van der Waals surface area contributed by atoms with Crippen molar-refractivity contribution >= 4 is 27.9 Å². The number of rotatable bonds is 4. The van der Waals surface area contributed by atoms with E-state index in [1.807, 2.05) is 36.7 Å². The standard InChI is InChI=1S/C14H18N2O2S/c1-8(2)13(18)12-9(3)6-16-10(5-11(17)15-4)7-19-14(12)16/h6-8H,5H2,1-4H3,(H,15,17). The Labute approximate surface area is 116 Å². The molecule has 0 aliphatic rings. The number of aryl methyl sites for hydroxylation is 1. The molecule has 0 saturated carbocycles. The third-order valence-corrected chi connectivity index (χ3v) is 4.17. The molecule has 2 aromatic rings. The van der Waals surface area contributed by atoms with E-state index in [2.05, 4.69) is 5.32 Å². The Kier molecular flexibility index (Phi) is 3.75. The zero-order valence-electron chi connectivity index (χ0n) is 11.6. The topological polar surface area (TPSA) is 50.6 Å². The van der Waals surface area contributed by atoms with Crippen molar-refractivity contribution in [1.82, 2.24) is 9.72 Å². The highest BCUT2D eigenvalue weighted by Gasteiger charge is 2.21. The molecule has 2 rings (SSSR count). The summed E-state index contributed by atoms with van der Waals surface area (Å²) >= 11 is 1.52. The second kappa shape index (κ2) is 5.17. The van der Waals surface area contributed by atoms with Crippen LogP contribution in [-0.4, -0.2) is 23.1 Å². The largest absolute Gasteiger partial charge is 0.359 e. The molecular formula is C14H18N2O2S. The molecule has 0 spiro atoms. The van der Waals surface area contributed by atoms with Crippen LogP contribution in [0.2, 0.25) is 0 Å². The molecule has 0 aliphatic carbocycles. The molecule has 0 fully saturated rings. The number of amides is 1. The van der Waals surface area contributed by atoms with Gasteiger partial charge in [-0.3, -0.25) is 9.59 Å². The van der Waals surface area contributed by atoms with Crippen LogP contribution >= 0.6 is 11.3 Å². The highest BCUT2D eigenvalue weighted by atomic mass is 32.1. The highest BCUT2D eigenvalue weighted by molar-refractivity contribution is 7.16. The molecule has 4 nitrogen and oxygen atoms in total. The minimum Gasteiger partial charge on any atom is -0.359 e. The molecule has 0 unspecified atom stereocenters. The van der Waals surface area contributed by atoms with E-state index in [9.17, 15) is 9.59 Å². The van der Waals surface area contributed by atoms with Crippen molar-refractivity contribution in [2.75, 3.05) is 7.05 Å². The van der Waals surface area contributed by atoms with Gasteiger partial charge in [0.15, 0.2) is 5.78 Å². The van der Waals surface area contributed by atoms with Crippen molar-refractivity contribution in [3.63, 3.8) is 0 Å². The van der Waals surface area contributed by atoms with Gasteiger partial charge in [-0.05, 0) is 12.5 Å². The number of thiazole rings is 1. The number of ketones is 1.